The molecular weight excluding hydrogens is 310 g/mol. The fourth-order valence-electron chi connectivity index (χ4n) is 1.82. The second kappa shape index (κ2) is 5.63. The molecule has 0 bridgehead atoms. The number of aryl methyl sites for hydroxylation is 1. The number of carbonyl (C=O) groups excluding carboxylic acids is 1. The van der Waals surface area contributed by atoms with E-state index in [4.69, 9.17) is 11.6 Å². The first-order valence-corrected chi connectivity index (χ1v) is 7.25. The van der Waals surface area contributed by atoms with Crippen LogP contribution in [0.15, 0.2) is 36.4 Å². The smallest absolute Gasteiger partial charge is 0.287 e. The Morgan fingerprint density at radius 1 is 1.29 bits per heavy atom. The molecule has 6 nitrogen and oxygen atoms in total. The van der Waals surface area contributed by atoms with E-state index >= 15 is 0 Å². The summed E-state index contributed by atoms with van der Waals surface area (Å²) in [5, 5.41) is 14.7. The van der Waals surface area contributed by atoms with E-state index in [2.05, 4.69) is 20.6 Å². The van der Waals surface area contributed by atoms with Gasteiger partial charge in [0, 0.05) is 6.07 Å². The van der Waals surface area contributed by atoms with Crippen molar-refractivity contribution in [2.45, 2.75) is 6.92 Å². The lowest BCUT2D eigenvalue weighted by Crippen LogP contribution is -2.15. The van der Waals surface area contributed by atoms with Crippen LogP contribution in [-0.2, 0) is 0 Å². The van der Waals surface area contributed by atoms with Crippen molar-refractivity contribution in [2.24, 2.45) is 0 Å². The van der Waals surface area contributed by atoms with Gasteiger partial charge in [-0.15, -0.1) is 10.2 Å². The lowest BCUT2D eigenvalue weighted by Gasteiger charge is -2.07. The number of rotatable bonds is 3. The van der Waals surface area contributed by atoms with E-state index in [1.165, 1.54) is 0 Å². The predicted octanol–water partition coefficient (Wildman–Crippen LogP) is 2.94. The molecule has 0 aliphatic carbocycles. The fraction of sp³-hybridized carbons (Fsp3) is 0.0769. The Hall–Kier alpha value is -2.25. The molecule has 8 heteroatoms. The van der Waals surface area contributed by atoms with Gasteiger partial charge in [-0.2, -0.15) is 5.10 Å². The Kier molecular flexibility index (Phi) is 3.68. The minimum Gasteiger partial charge on any atom is -0.304 e. The normalized spacial score (nSPS) is 10.6. The Balaban J connectivity index is 1.91. The van der Waals surface area contributed by atoms with Crippen LogP contribution in [0, 0.1) is 6.92 Å². The molecule has 1 amide bonds. The average molecular weight is 320 g/mol. The summed E-state index contributed by atoms with van der Waals surface area (Å²) in [5.74, 6) is 0.200. The molecule has 0 fully saturated rings. The highest BCUT2D eigenvalue weighted by Crippen LogP contribution is 2.20. The summed E-state index contributed by atoms with van der Waals surface area (Å²) in [6, 6.07) is 11.3. The number of para-hydroxylation sites is 1. The van der Waals surface area contributed by atoms with Crippen LogP contribution >= 0.6 is 22.9 Å². The van der Waals surface area contributed by atoms with Crippen molar-refractivity contribution in [3.8, 4) is 5.69 Å². The zero-order valence-electron chi connectivity index (χ0n) is 10.9. The molecule has 0 radical (unpaired) electrons. The number of hydrogen-bond acceptors (Lipinski definition) is 5. The molecule has 0 saturated heterocycles. The lowest BCUT2D eigenvalue weighted by molar-refractivity contribution is 0.102. The molecule has 0 atom stereocenters. The molecular formula is C13H10ClN5OS. The van der Waals surface area contributed by atoms with Gasteiger partial charge >= 0.3 is 0 Å². The Morgan fingerprint density at radius 3 is 2.71 bits per heavy atom. The maximum absolute atomic E-state index is 12.1. The minimum atomic E-state index is -0.364. The third kappa shape index (κ3) is 2.93. The summed E-state index contributed by atoms with van der Waals surface area (Å²) in [5.41, 5.74) is 1.65. The predicted molar refractivity (Wildman–Crippen MR) is 81.2 cm³/mol. The van der Waals surface area contributed by atoms with E-state index in [1.54, 1.807) is 10.7 Å². The van der Waals surface area contributed by atoms with Crippen molar-refractivity contribution >= 4 is 34.7 Å². The topological polar surface area (TPSA) is 72.7 Å². The summed E-state index contributed by atoms with van der Waals surface area (Å²) in [6.45, 7) is 1.86. The second-order valence-corrected chi connectivity index (χ2v) is 5.79. The van der Waals surface area contributed by atoms with Gasteiger partial charge in [-0.25, -0.2) is 4.68 Å². The first kappa shape index (κ1) is 13.7. The van der Waals surface area contributed by atoms with Crippen LogP contribution in [0.1, 0.15) is 15.5 Å². The van der Waals surface area contributed by atoms with Gasteiger partial charge in [0.1, 0.15) is 5.82 Å². The largest absolute Gasteiger partial charge is 0.304 e. The number of nitrogens with zero attached hydrogens (tertiary/aromatic N) is 4. The van der Waals surface area contributed by atoms with Gasteiger partial charge in [-0.05, 0) is 30.7 Å². The number of benzene rings is 1. The third-order valence-corrected chi connectivity index (χ3v) is 3.69. The van der Waals surface area contributed by atoms with E-state index in [-0.39, 0.29) is 15.4 Å². The van der Waals surface area contributed by atoms with Gasteiger partial charge in [0.05, 0.1) is 11.4 Å². The van der Waals surface area contributed by atoms with Gasteiger partial charge < -0.3 is 5.32 Å². The highest BCUT2D eigenvalue weighted by Gasteiger charge is 2.15. The molecule has 0 spiro atoms. The van der Waals surface area contributed by atoms with Crippen molar-refractivity contribution in [2.75, 3.05) is 5.32 Å². The number of amides is 1. The number of hydrogen-bond donors (Lipinski definition) is 1. The molecule has 1 N–H and O–H groups in total. The van der Waals surface area contributed by atoms with Crippen molar-refractivity contribution < 1.29 is 4.79 Å². The van der Waals surface area contributed by atoms with E-state index in [9.17, 15) is 4.79 Å². The minimum absolute atomic E-state index is 0.207. The zero-order chi connectivity index (χ0) is 14.8. The van der Waals surface area contributed by atoms with Gasteiger partial charge in [0.25, 0.3) is 5.91 Å². The maximum atomic E-state index is 12.1. The molecule has 0 unspecified atom stereocenters. The first-order valence-electron chi connectivity index (χ1n) is 6.06. The highest BCUT2D eigenvalue weighted by molar-refractivity contribution is 7.17. The number of halogens is 1. The molecule has 0 saturated carbocycles. The molecule has 2 aromatic heterocycles. The standard InChI is InChI=1S/C13H10ClN5OS/c1-8-7-10(15-11(20)12-16-17-13(14)21-12)19(18-8)9-5-3-2-4-6-9/h2-7H,1H3,(H,15,20). The Morgan fingerprint density at radius 2 is 2.05 bits per heavy atom. The van der Waals surface area contributed by atoms with Crippen molar-refractivity contribution in [3.05, 3.63) is 51.6 Å². The van der Waals surface area contributed by atoms with Crippen LogP contribution in [0.3, 0.4) is 0 Å². The molecule has 0 aliphatic rings. The van der Waals surface area contributed by atoms with E-state index in [0.717, 1.165) is 22.7 Å². The van der Waals surface area contributed by atoms with Gasteiger partial charge in [-0.3, -0.25) is 4.79 Å². The molecule has 0 aliphatic heterocycles. The monoisotopic (exact) mass is 319 g/mol. The maximum Gasteiger partial charge on any atom is 0.287 e. The molecule has 3 aromatic rings. The third-order valence-electron chi connectivity index (χ3n) is 2.67. The van der Waals surface area contributed by atoms with Crippen LogP contribution < -0.4 is 5.32 Å². The van der Waals surface area contributed by atoms with Crippen molar-refractivity contribution in [1.29, 1.82) is 0 Å². The van der Waals surface area contributed by atoms with Crippen molar-refractivity contribution in [3.63, 3.8) is 0 Å². The van der Waals surface area contributed by atoms with Gasteiger partial charge in [-0.1, -0.05) is 29.5 Å². The van der Waals surface area contributed by atoms with Crippen LogP contribution in [0.4, 0.5) is 5.82 Å². The first-order chi connectivity index (χ1) is 10.1. The average Bonchev–Trinajstić information content (AvgIpc) is 3.06. The number of aromatic nitrogens is 4. The number of carbonyl (C=O) groups is 1. The molecule has 21 heavy (non-hydrogen) atoms. The Labute approximate surface area is 129 Å². The summed E-state index contributed by atoms with van der Waals surface area (Å²) in [6.07, 6.45) is 0. The van der Waals surface area contributed by atoms with Gasteiger partial charge in [0.2, 0.25) is 9.47 Å². The lowest BCUT2D eigenvalue weighted by atomic mass is 10.3. The van der Waals surface area contributed by atoms with E-state index in [0.29, 0.717) is 5.82 Å². The summed E-state index contributed by atoms with van der Waals surface area (Å²) in [4.78, 5) is 12.1. The van der Waals surface area contributed by atoms with E-state index < -0.39 is 0 Å². The molecule has 2 heterocycles. The van der Waals surface area contributed by atoms with Crippen LogP contribution in [0.2, 0.25) is 4.47 Å². The van der Waals surface area contributed by atoms with Crippen molar-refractivity contribution in [1.82, 2.24) is 20.0 Å². The zero-order valence-corrected chi connectivity index (χ0v) is 12.5. The summed E-state index contributed by atoms with van der Waals surface area (Å²) in [7, 11) is 0. The highest BCUT2D eigenvalue weighted by atomic mass is 35.5. The van der Waals surface area contributed by atoms with E-state index in [1.807, 2.05) is 37.3 Å². The summed E-state index contributed by atoms with van der Waals surface area (Å²) >= 11 is 6.71. The van der Waals surface area contributed by atoms with Crippen LogP contribution in [0.5, 0.6) is 0 Å². The Bertz CT molecular complexity index is 783. The summed E-state index contributed by atoms with van der Waals surface area (Å²) < 4.78 is 1.89. The van der Waals surface area contributed by atoms with Crippen LogP contribution in [0.25, 0.3) is 5.69 Å². The quantitative estimate of drug-likeness (QED) is 0.805. The number of nitrogens with one attached hydrogen (secondary N) is 1. The fourth-order valence-corrected chi connectivity index (χ4v) is 2.55. The van der Waals surface area contributed by atoms with Gasteiger partial charge in [0.15, 0.2) is 0 Å². The SMILES string of the molecule is Cc1cc(NC(=O)c2nnc(Cl)s2)n(-c2ccccc2)n1. The molecule has 106 valence electrons. The molecule has 3 rings (SSSR count). The number of anilines is 1. The molecule has 1 aromatic carbocycles. The van der Waals surface area contributed by atoms with Crippen LogP contribution in [-0.4, -0.2) is 25.9 Å². The second-order valence-electron chi connectivity index (χ2n) is 4.23.